The fraction of sp³-hybridized carbons (Fsp3) is 1.00. The summed E-state index contributed by atoms with van der Waals surface area (Å²) >= 11 is 0. The highest BCUT2D eigenvalue weighted by Gasteiger charge is 2.45. The Bertz CT molecular complexity index is 205. The summed E-state index contributed by atoms with van der Waals surface area (Å²) in [5.74, 6) is 3.87. The van der Waals surface area contributed by atoms with Crippen molar-refractivity contribution < 1.29 is 10.2 Å². The molecular formula is C13H24O2. The van der Waals surface area contributed by atoms with Crippen LogP contribution in [0.2, 0.25) is 0 Å². The summed E-state index contributed by atoms with van der Waals surface area (Å²) < 4.78 is 0. The molecule has 2 fully saturated rings. The number of hydrogen-bond acceptors (Lipinski definition) is 2. The molecule has 5 atom stereocenters. The van der Waals surface area contributed by atoms with E-state index in [2.05, 4.69) is 6.92 Å². The molecule has 2 nitrogen and oxygen atoms in total. The van der Waals surface area contributed by atoms with Gasteiger partial charge in [0, 0.05) is 13.2 Å². The lowest BCUT2D eigenvalue weighted by molar-refractivity contribution is 0.145. The van der Waals surface area contributed by atoms with Gasteiger partial charge in [-0.25, -0.2) is 0 Å². The van der Waals surface area contributed by atoms with Crippen molar-refractivity contribution in [2.75, 3.05) is 13.2 Å². The number of aliphatic hydroxyl groups excluding tert-OH is 2. The Morgan fingerprint density at radius 2 is 1.87 bits per heavy atom. The van der Waals surface area contributed by atoms with E-state index in [9.17, 15) is 0 Å². The molecule has 0 aromatic heterocycles. The first-order valence-corrected chi connectivity index (χ1v) is 6.46. The van der Waals surface area contributed by atoms with Crippen LogP contribution in [0.1, 0.15) is 39.0 Å². The molecule has 0 heterocycles. The van der Waals surface area contributed by atoms with Crippen molar-refractivity contribution in [1.29, 1.82) is 0 Å². The maximum absolute atomic E-state index is 9.09. The highest BCUT2D eigenvalue weighted by Crippen LogP contribution is 2.54. The first-order chi connectivity index (χ1) is 7.24. The zero-order valence-electron chi connectivity index (χ0n) is 9.73. The van der Waals surface area contributed by atoms with Crippen LogP contribution in [-0.4, -0.2) is 23.4 Å². The van der Waals surface area contributed by atoms with E-state index in [1.807, 2.05) is 0 Å². The van der Waals surface area contributed by atoms with Gasteiger partial charge in [0.2, 0.25) is 0 Å². The smallest absolute Gasteiger partial charge is 0.0456 e. The molecule has 0 aromatic rings. The second-order valence-electron chi connectivity index (χ2n) is 5.79. The van der Waals surface area contributed by atoms with Crippen molar-refractivity contribution in [3.8, 4) is 0 Å². The van der Waals surface area contributed by atoms with Gasteiger partial charge in [0.25, 0.3) is 0 Å². The molecule has 0 radical (unpaired) electrons. The standard InChI is InChI=1S/C13H24O2/c1-9(8-15)4-12-6-10-5-11(2-3-14)13(12)7-10/h9-15H,2-8H2,1H3. The Morgan fingerprint density at radius 3 is 2.47 bits per heavy atom. The summed E-state index contributed by atoms with van der Waals surface area (Å²) in [5.41, 5.74) is 0. The molecule has 2 bridgehead atoms. The van der Waals surface area contributed by atoms with Gasteiger partial charge in [-0.2, -0.15) is 0 Å². The van der Waals surface area contributed by atoms with Crippen molar-refractivity contribution in [2.45, 2.75) is 39.0 Å². The third kappa shape index (κ3) is 2.36. The first kappa shape index (κ1) is 11.4. The van der Waals surface area contributed by atoms with Crippen LogP contribution in [0, 0.1) is 29.6 Å². The second kappa shape index (κ2) is 4.84. The first-order valence-electron chi connectivity index (χ1n) is 6.46. The normalized spacial score (nSPS) is 41.0. The van der Waals surface area contributed by atoms with Gasteiger partial charge in [-0.3, -0.25) is 0 Å². The fourth-order valence-electron chi connectivity index (χ4n) is 4.01. The topological polar surface area (TPSA) is 40.5 Å². The second-order valence-corrected chi connectivity index (χ2v) is 5.79. The van der Waals surface area contributed by atoms with E-state index in [1.165, 1.54) is 25.7 Å². The summed E-state index contributed by atoms with van der Waals surface area (Å²) in [5, 5.41) is 18.1. The van der Waals surface area contributed by atoms with Gasteiger partial charge in [0.1, 0.15) is 0 Å². The zero-order chi connectivity index (χ0) is 10.8. The molecule has 88 valence electrons. The van der Waals surface area contributed by atoms with Gasteiger partial charge in [0.05, 0.1) is 0 Å². The number of aliphatic hydroxyl groups is 2. The van der Waals surface area contributed by atoms with E-state index in [0.29, 0.717) is 19.1 Å². The molecule has 0 saturated heterocycles. The Hall–Kier alpha value is -0.0800. The van der Waals surface area contributed by atoms with Crippen LogP contribution >= 0.6 is 0 Å². The highest BCUT2D eigenvalue weighted by molar-refractivity contribution is 4.95. The van der Waals surface area contributed by atoms with Crippen molar-refractivity contribution >= 4 is 0 Å². The Kier molecular flexibility index (Phi) is 3.68. The molecule has 0 aliphatic heterocycles. The summed E-state index contributed by atoms with van der Waals surface area (Å²) in [4.78, 5) is 0. The maximum atomic E-state index is 9.09. The Labute approximate surface area is 92.7 Å². The Balaban J connectivity index is 1.87. The average molecular weight is 212 g/mol. The lowest BCUT2D eigenvalue weighted by Crippen LogP contribution is -2.23. The van der Waals surface area contributed by atoms with Crippen LogP contribution in [0.3, 0.4) is 0 Å². The molecule has 2 N–H and O–H groups in total. The van der Waals surface area contributed by atoms with Gasteiger partial charge in [0.15, 0.2) is 0 Å². The lowest BCUT2D eigenvalue weighted by Gasteiger charge is -2.30. The third-order valence-electron chi connectivity index (χ3n) is 4.61. The molecule has 0 spiro atoms. The molecule has 2 aliphatic carbocycles. The SMILES string of the molecule is CC(CO)CC1CC2CC(CCO)C1C2. The summed E-state index contributed by atoms with van der Waals surface area (Å²) in [6, 6.07) is 0. The van der Waals surface area contributed by atoms with Crippen molar-refractivity contribution in [3.63, 3.8) is 0 Å². The van der Waals surface area contributed by atoms with Crippen LogP contribution < -0.4 is 0 Å². The van der Waals surface area contributed by atoms with E-state index < -0.39 is 0 Å². The van der Waals surface area contributed by atoms with E-state index in [0.717, 1.165) is 30.1 Å². The summed E-state index contributed by atoms with van der Waals surface area (Å²) in [6.45, 7) is 2.84. The zero-order valence-corrected chi connectivity index (χ0v) is 9.73. The van der Waals surface area contributed by atoms with Gasteiger partial charge in [-0.15, -0.1) is 0 Å². The lowest BCUT2D eigenvalue weighted by atomic mass is 9.76. The predicted octanol–water partition coefficient (Wildman–Crippen LogP) is 2.05. The van der Waals surface area contributed by atoms with Crippen LogP contribution in [0.5, 0.6) is 0 Å². The predicted molar refractivity (Wildman–Crippen MR) is 60.4 cm³/mol. The largest absolute Gasteiger partial charge is 0.396 e. The highest BCUT2D eigenvalue weighted by atomic mass is 16.3. The van der Waals surface area contributed by atoms with E-state index >= 15 is 0 Å². The molecule has 2 saturated carbocycles. The van der Waals surface area contributed by atoms with E-state index in [-0.39, 0.29) is 0 Å². The number of rotatable bonds is 5. The van der Waals surface area contributed by atoms with Gasteiger partial charge in [-0.05, 0) is 61.7 Å². The molecule has 2 aliphatic rings. The van der Waals surface area contributed by atoms with Crippen molar-refractivity contribution in [2.24, 2.45) is 29.6 Å². The minimum atomic E-state index is 0.332. The number of fused-ring (bicyclic) bond motifs is 2. The van der Waals surface area contributed by atoms with Gasteiger partial charge < -0.3 is 10.2 Å². The maximum Gasteiger partial charge on any atom is 0.0456 e. The summed E-state index contributed by atoms with van der Waals surface area (Å²) in [7, 11) is 0. The molecule has 2 heteroatoms. The molecule has 2 rings (SSSR count). The van der Waals surface area contributed by atoms with Gasteiger partial charge in [-0.1, -0.05) is 6.92 Å². The van der Waals surface area contributed by atoms with Gasteiger partial charge >= 0.3 is 0 Å². The quantitative estimate of drug-likeness (QED) is 0.732. The molecule has 0 amide bonds. The molecule has 15 heavy (non-hydrogen) atoms. The Morgan fingerprint density at radius 1 is 1.13 bits per heavy atom. The van der Waals surface area contributed by atoms with Crippen LogP contribution in [0.4, 0.5) is 0 Å². The molecule has 5 unspecified atom stereocenters. The van der Waals surface area contributed by atoms with Crippen LogP contribution in [0.15, 0.2) is 0 Å². The average Bonchev–Trinajstić information content (AvgIpc) is 2.77. The van der Waals surface area contributed by atoms with Crippen molar-refractivity contribution in [3.05, 3.63) is 0 Å². The fourth-order valence-corrected chi connectivity index (χ4v) is 4.01. The van der Waals surface area contributed by atoms with E-state index in [4.69, 9.17) is 10.2 Å². The minimum Gasteiger partial charge on any atom is -0.396 e. The monoisotopic (exact) mass is 212 g/mol. The molecular weight excluding hydrogens is 188 g/mol. The van der Waals surface area contributed by atoms with Crippen molar-refractivity contribution in [1.82, 2.24) is 0 Å². The molecule has 0 aromatic carbocycles. The minimum absolute atomic E-state index is 0.332. The number of hydrogen-bond donors (Lipinski definition) is 2. The van der Waals surface area contributed by atoms with E-state index in [1.54, 1.807) is 0 Å². The van der Waals surface area contributed by atoms with Crippen LogP contribution in [-0.2, 0) is 0 Å². The third-order valence-corrected chi connectivity index (χ3v) is 4.61. The summed E-state index contributed by atoms with van der Waals surface area (Å²) in [6.07, 6.45) is 6.34. The van der Waals surface area contributed by atoms with Crippen LogP contribution in [0.25, 0.3) is 0 Å².